The van der Waals surface area contributed by atoms with Crippen molar-refractivity contribution in [3.05, 3.63) is 48.0 Å². The van der Waals surface area contributed by atoms with Gasteiger partial charge in [-0.05, 0) is 49.6 Å². The standard InChI is InChI=1S/C25H27N3O4S/c1-2-33(29,30)27-18-5-3-17(4-6-18)25-23(16-26)22-10-9-21(32-20-11-13-31-14-12-20)15-24(22)28(25)19-7-8-19/h3-6,9-10,15,19-20,27H,2,7-8,11-14H2,1H3. The number of benzene rings is 2. The Kier molecular flexibility index (Phi) is 5.77. The van der Waals surface area contributed by atoms with Gasteiger partial charge >= 0.3 is 0 Å². The Balaban J connectivity index is 1.55. The van der Waals surface area contributed by atoms with Gasteiger partial charge in [-0.25, -0.2) is 8.42 Å². The third kappa shape index (κ3) is 4.43. The predicted octanol–water partition coefficient (Wildman–Crippen LogP) is 4.83. The summed E-state index contributed by atoms with van der Waals surface area (Å²) in [6.07, 6.45) is 4.05. The third-order valence-electron chi connectivity index (χ3n) is 6.28. The molecule has 3 aromatic rings. The summed E-state index contributed by atoms with van der Waals surface area (Å²) in [5.41, 5.74) is 3.92. The summed E-state index contributed by atoms with van der Waals surface area (Å²) in [4.78, 5) is 0. The first-order chi connectivity index (χ1) is 16.0. The highest BCUT2D eigenvalue weighted by atomic mass is 32.2. The lowest BCUT2D eigenvalue weighted by Crippen LogP contribution is -2.25. The van der Waals surface area contributed by atoms with E-state index < -0.39 is 10.0 Å². The number of fused-ring (bicyclic) bond motifs is 1. The number of rotatable bonds is 7. The monoisotopic (exact) mass is 465 g/mol. The number of hydrogen-bond donors (Lipinski definition) is 1. The van der Waals surface area contributed by atoms with Crippen LogP contribution >= 0.6 is 0 Å². The van der Waals surface area contributed by atoms with Gasteiger partial charge in [-0.2, -0.15) is 5.26 Å². The zero-order valence-electron chi connectivity index (χ0n) is 18.6. The van der Waals surface area contributed by atoms with E-state index in [1.54, 1.807) is 19.1 Å². The Morgan fingerprint density at radius 1 is 1.12 bits per heavy atom. The van der Waals surface area contributed by atoms with Crippen LogP contribution < -0.4 is 9.46 Å². The highest BCUT2D eigenvalue weighted by Gasteiger charge is 2.31. The largest absolute Gasteiger partial charge is 0.490 e. The number of anilines is 1. The number of nitrogens with zero attached hydrogens (tertiary/aromatic N) is 2. The maximum Gasteiger partial charge on any atom is 0.232 e. The maximum absolute atomic E-state index is 11.9. The molecule has 1 saturated heterocycles. The third-order valence-corrected chi connectivity index (χ3v) is 7.59. The fourth-order valence-corrected chi connectivity index (χ4v) is 5.05. The van der Waals surface area contributed by atoms with Gasteiger partial charge in [0.2, 0.25) is 10.0 Å². The Morgan fingerprint density at radius 2 is 1.85 bits per heavy atom. The average Bonchev–Trinajstić information content (AvgIpc) is 3.61. The number of aromatic nitrogens is 1. The minimum absolute atomic E-state index is 0.0154. The highest BCUT2D eigenvalue weighted by molar-refractivity contribution is 7.92. The van der Waals surface area contributed by atoms with Crippen LogP contribution in [-0.4, -0.2) is 38.1 Å². The number of ether oxygens (including phenoxy) is 2. The molecule has 33 heavy (non-hydrogen) atoms. The van der Waals surface area contributed by atoms with Gasteiger partial charge in [0.1, 0.15) is 17.9 Å². The maximum atomic E-state index is 11.9. The van der Waals surface area contributed by atoms with Crippen LogP contribution in [0.4, 0.5) is 5.69 Å². The Hall–Kier alpha value is -3.02. The summed E-state index contributed by atoms with van der Waals surface area (Å²) in [5, 5.41) is 11.0. The lowest BCUT2D eigenvalue weighted by atomic mass is 10.1. The van der Waals surface area contributed by atoms with Gasteiger partial charge in [-0.15, -0.1) is 0 Å². The van der Waals surface area contributed by atoms with Gasteiger partial charge < -0.3 is 14.0 Å². The van der Waals surface area contributed by atoms with Gasteiger partial charge in [0.05, 0.1) is 35.7 Å². The van der Waals surface area contributed by atoms with Gasteiger partial charge in [-0.1, -0.05) is 12.1 Å². The van der Waals surface area contributed by atoms with Crippen LogP contribution in [0.3, 0.4) is 0 Å². The van der Waals surface area contributed by atoms with Gasteiger partial charge in [0.25, 0.3) is 0 Å². The summed E-state index contributed by atoms with van der Waals surface area (Å²) < 4.78 is 40.3. The Labute approximate surface area is 194 Å². The molecule has 1 aromatic heterocycles. The van der Waals surface area contributed by atoms with Crippen LogP contribution in [0, 0.1) is 11.3 Å². The molecule has 8 heteroatoms. The quantitative estimate of drug-likeness (QED) is 0.539. The second-order valence-corrected chi connectivity index (χ2v) is 10.6. The van der Waals surface area contributed by atoms with Crippen molar-refractivity contribution in [1.82, 2.24) is 4.57 Å². The lowest BCUT2D eigenvalue weighted by molar-refractivity contribution is 0.0256. The Morgan fingerprint density at radius 3 is 2.48 bits per heavy atom. The smallest absolute Gasteiger partial charge is 0.232 e. The number of nitriles is 1. The summed E-state index contributed by atoms with van der Waals surface area (Å²) in [6, 6.07) is 16.0. The van der Waals surface area contributed by atoms with E-state index >= 15 is 0 Å². The minimum Gasteiger partial charge on any atom is -0.490 e. The SMILES string of the molecule is CCS(=O)(=O)Nc1ccc(-c2c(C#N)c3ccc(OC4CCOCC4)cc3n2C2CC2)cc1. The summed E-state index contributed by atoms with van der Waals surface area (Å²) >= 11 is 0. The van der Waals surface area contributed by atoms with Crippen LogP contribution in [0.25, 0.3) is 22.2 Å². The molecule has 0 atom stereocenters. The van der Waals surface area contributed by atoms with E-state index in [2.05, 4.69) is 21.4 Å². The van der Waals surface area contributed by atoms with Crippen molar-refractivity contribution in [2.45, 2.75) is 44.8 Å². The molecule has 1 N–H and O–H groups in total. The van der Waals surface area contributed by atoms with Gasteiger partial charge in [-0.3, -0.25) is 4.72 Å². The molecule has 1 saturated carbocycles. The first kappa shape index (κ1) is 21.8. The van der Waals surface area contributed by atoms with Crippen molar-refractivity contribution in [3.8, 4) is 23.1 Å². The van der Waals surface area contributed by atoms with E-state index in [9.17, 15) is 13.7 Å². The Bertz CT molecular complexity index is 1310. The molecule has 0 unspecified atom stereocenters. The van der Waals surface area contributed by atoms with E-state index in [4.69, 9.17) is 9.47 Å². The molecule has 0 bridgehead atoms. The molecule has 0 radical (unpaired) electrons. The predicted molar refractivity (Wildman–Crippen MR) is 128 cm³/mol. The molecule has 2 fully saturated rings. The molecule has 2 aliphatic rings. The van der Waals surface area contributed by atoms with Crippen molar-refractivity contribution in [2.75, 3.05) is 23.7 Å². The van der Waals surface area contributed by atoms with E-state index in [-0.39, 0.29) is 11.9 Å². The van der Waals surface area contributed by atoms with E-state index in [0.717, 1.165) is 66.8 Å². The molecular formula is C25H27N3O4S. The number of hydrogen-bond acceptors (Lipinski definition) is 5. The first-order valence-electron chi connectivity index (χ1n) is 11.4. The highest BCUT2D eigenvalue weighted by Crippen LogP contribution is 2.45. The molecule has 2 aromatic carbocycles. The van der Waals surface area contributed by atoms with Crippen LogP contribution in [0.2, 0.25) is 0 Å². The van der Waals surface area contributed by atoms with Crippen molar-refractivity contribution in [3.63, 3.8) is 0 Å². The molecule has 172 valence electrons. The minimum atomic E-state index is -3.34. The second-order valence-electron chi connectivity index (χ2n) is 8.63. The van der Waals surface area contributed by atoms with Crippen molar-refractivity contribution in [1.29, 1.82) is 5.26 Å². The van der Waals surface area contributed by atoms with E-state index in [1.807, 2.05) is 24.3 Å². The summed E-state index contributed by atoms with van der Waals surface area (Å²) in [7, 11) is -3.34. The average molecular weight is 466 g/mol. The fraction of sp³-hybridized carbons (Fsp3) is 0.400. The van der Waals surface area contributed by atoms with Crippen LogP contribution in [-0.2, 0) is 14.8 Å². The molecule has 5 rings (SSSR count). The van der Waals surface area contributed by atoms with Crippen LogP contribution in [0.1, 0.15) is 44.2 Å². The van der Waals surface area contributed by atoms with Crippen molar-refractivity contribution < 1.29 is 17.9 Å². The molecule has 0 amide bonds. The molecule has 1 aliphatic carbocycles. The molecule has 7 nitrogen and oxygen atoms in total. The van der Waals surface area contributed by atoms with Gasteiger partial charge in [0.15, 0.2) is 0 Å². The van der Waals surface area contributed by atoms with Gasteiger partial charge in [0, 0.05) is 36.0 Å². The summed E-state index contributed by atoms with van der Waals surface area (Å²) in [6.45, 7) is 3.04. The lowest BCUT2D eigenvalue weighted by Gasteiger charge is -2.23. The molecule has 0 spiro atoms. The van der Waals surface area contributed by atoms with Crippen molar-refractivity contribution in [2.24, 2.45) is 0 Å². The fourth-order valence-electron chi connectivity index (χ4n) is 4.41. The molecule has 2 heterocycles. The van der Waals surface area contributed by atoms with E-state index in [1.165, 1.54) is 0 Å². The topological polar surface area (TPSA) is 93.4 Å². The van der Waals surface area contributed by atoms with Crippen LogP contribution in [0.15, 0.2) is 42.5 Å². The normalized spacial score (nSPS) is 17.1. The molecule has 1 aliphatic heterocycles. The number of sulfonamides is 1. The number of nitrogens with one attached hydrogen (secondary N) is 1. The summed E-state index contributed by atoms with van der Waals surface area (Å²) in [5.74, 6) is 0.829. The van der Waals surface area contributed by atoms with E-state index in [0.29, 0.717) is 17.3 Å². The zero-order chi connectivity index (χ0) is 23.0. The van der Waals surface area contributed by atoms with Crippen molar-refractivity contribution >= 4 is 26.6 Å². The second kappa shape index (κ2) is 8.73. The van der Waals surface area contributed by atoms with Crippen LogP contribution in [0.5, 0.6) is 5.75 Å². The first-order valence-corrected chi connectivity index (χ1v) is 13.1. The zero-order valence-corrected chi connectivity index (χ0v) is 19.4. The molecular weight excluding hydrogens is 438 g/mol.